The molecule has 70 valence electrons. The van der Waals surface area contributed by atoms with Crippen LogP contribution in [0.1, 0.15) is 10.4 Å². The van der Waals surface area contributed by atoms with Gasteiger partial charge in [0.1, 0.15) is 0 Å². The van der Waals surface area contributed by atoms with Gasteiger partial charge in [0.05, 0.1) is 0 Å². The summed E-state index contributed by atoms with van der Waals surface area (Å²) in [6, 6.07) is 2.46. The number of alkyl halides is 2. The number of carbonyl (C=O) groups excluding carboxylic acids is 1. The molecule has 0 saturated carbocycles. The van der Waals surface area contributed by atoms with Gasteiger partial charge in [0.25, 0.3) is 0 Å². The molecule has 0 spiro atoms. The van der Waals surface area contributed by atoms with E-state index in [0.29, 0.717) is 6.07 Å². The molecule has 0 saturated heterocycles. The Labute approximate surface area is 80.7 Å². The molecule has 0 radical (unpaired) electrons. The zero-order chi connectivity index (χ0) is 10.0. The minimum Gasteiger partial charge on any atom is -0.290 e. The molecular weight excluding hydrogens is 249 g/mol. The lowest BCUT2D eigenvalue weighted by molar-refractivity contribution is 0.0942. The Morgan fingerprint density at radius 1 is 1.31 bits per heavy atom. The van der Waals surface area contributed by atoms with E-state index in [2.05, 4.69) is 15.9 Å². The predicted molar refractivity (Wildman–Crippen MR) is 44.5 cm³/mol. The summed E-state index contributed by atoms with van der Waals surface area (Å²) in [5.74, 6) is -3.17. The molecule has 13 heavy (non-hydrogen) atoms. The summed E-state index contributed by atoms with van der Waals surface area (Å²) >= 11 is 2.39. The molecular formula is C8H4BrF3O. The van der Waals surface area contributed by atoms with E-state index >= 15 is 0 Å². The van der Waals surface area contributed by atoms with E-state index in [1.807, 2.05) is 0 Å². The zero-order valence-corrected chi connectivity index (χ0v) is 7.82. The lowest BCUT2D eigenvalue weighted by Crippen LogP contribution is -2.09. The van der Waals surface area contributed by atoms with Crippen molar-refractivity contribution in [2.45, 2.75) is 5.08 Å². The quantitative estimate of drug-likeness (QED) is 0.585. The first kappa shape index (κ1) is 10.2. The smallest absolute Gasteiger partial charge is 0.217 e. The maximum atomic E-state index is 12.5. The highest BCUT2D eigenvalue weighted by atomic mass is 79.9. The Morgan fingerprint density at radius 2 is 1.92 bits per heavy atom. The second kappa shape index (κ2) is 3.91. The number of ketones is 1. The number of hydrogen-bond acceptors (Lipinski definition) is 1. The van der Waals surface area contributed by atoms with Gasteiger partial charge in [0, 0.05) is 5.56 Å². The van der Waals surface area contributed by atoms with E-state index in [9.17, 15) is 18.0 Å². The van der Waals surface area contributed by atoms with Gasteiger partial charge in [0.2, 0.25) is 10.9 Å². The Hall–Kier alpha value is -0.840. The summed E-state index contributed by atoms with van der Waals surface area (Å²) in [5.41, 5.74) is -0.205. The van der Waals surface area contributed by atoms with E-state index in [0.717, 1.165) is 12.1 Å². The Kier molecular flexibility index (Phi) is 3.08. The Bertz CT molecular complexity index is 338. The maximum absolute atomic E-state index is 12.5. The molecule has 1 unspecified atom stereocenters. The average Bonchev–Trinajstić information content (AvgIpc) is 2.08. The van der Waals surface area contributed by atoms with Crippen LogP contribution in [0.2, 0.25) is 0 Å². The van der Waals surface area contributed by atoms with Gasteiger partial charge in [0.15, 0.2) is 11.6 Å². The van der Waals surface area contributed by atoms with Crippen LogP contribution in [0.5, 0.6) is 0 Å². The molecule has 0 bridgehead atoms. The molecule has 0 amide bonds. The molecule has 1 aromatic carbocycles. The second-order valence-electron chi connectivity index (χ2n) is 2.29. The molecule has 0 heterocycles. The lowest BCUT2D eigenvalue weighted by Gasteiger charge is -2.00. The van der Waals surface area contributed by atoms with Gasteiger partial charge in [-0.25, -0.2) is 13.2 Å². The molecule has 1 aromatic rings. The van der Waals surface area contributed by atoms with Gasteiger partial charge >= 0.3 is 0 Å². The van der Waals surface area contributed by atoms with E-state index < -0.39 is 22.5 Å². The largest absolute Gasteiger partial charge is 0.290 e. The normalized spacial score (nSPS) is 12.6. The Morgan fingerprint density at radius 3 is 2.38 bits per heavy atom. The minimum absolute atomic E-state index is 0.205. The topological polar surface area (TPSA) is 17.1 Å². The van der Waals surface area contributed by atoms with E-state index in [-0.39, 0.29) is 5.56 Å². The number of hydrogen-bond donors (Lipinski definition) is 0. The first-order chi connectivity index (χ1) is 6.02. The van der Waals surface area contributed by atoms with Crippen molar-refractivity contribution in [3.63, 3.8) is 0 Å². The van der Waals surface area contributed by atoms with Crippen molar-refractivity contribution in [2.24, 2.45) is 0 Å². The van der Waals surface area contributed by atoms with Crippen molar-refractivity contribution < 1.29 is 18.0 Å². The molecule has 0 aliphatic heterocycles. The SMILES string of the molecule is O=C(c1ccc(F)c(F)c1)C(F)Br. The third kappa shape index (κ3) is 2.30. The van der Waals surface area contributed by atoms with Crippen LogP contribution in [-0.2, 0) is 0 Å². The highest BCUT2D eigenvalue weighted by Crippen LogP contribution is 2.14. The summed E-state index contributed by atoms with van der Waals surface area (Å²) < 4.78 is 37.3. The van der Waals surface area contributed by atoms with E-state index in [1.54, 1.807) is 0 Å². The fraction of sp³-hybridized carbons (Fsp3) is 0.125. The number of carbonyl (C=O) groups is 1. The van der Waals surface area contributed by atoms with Crippen LogP contribution in [0.15, 0.2) is 18.2 Å². The summed E-state index contributed by atoms with van der Waals surface area (Å²) in [4.78, 5) is 10.9. The van der Waals surface area contributed by atoms with E-state index in [4.69, 9.17) is 0 Å². The number of Topliss-reactive ketones (excluding diaryl/α,β-unsaturated/α-hetero) is 1. The summed E-state index contributed by atoms with van der Waals surface area (Å²) in [6.45, 7) is 0. The van der Waals surface area contributed by atoms with Crippen LogP contribution in [-0.4, -0.2) is 10.9 Å². The van der Waals surface area contributed by atoms with Crippen molar-refractivity contribution in [1.29, 1.82) is 0 Å². The van der Waals surface area contributed by atoms with Gasteiger partial charge in [-0.3, -0.25) is 4.79 Å². The van der Waals surface area contributed by atoms with Crippen molar-refractivity contribution in [2.75, 3.05) is 0 Å². The van der Waals surface area contributed by atoms with Crippen molar-refractivity contribution in [3.8, 4) is 0 Å². The fourth-order valence-corrected chi connectivity index (χ4v) is 1.04. The van der Waals surface area contributed by atoms with Crippen LogP contribution >= 0.6 is 15.9 Å². The van der Waals surface area contributed by atoms with Crippen molar-refractivity contribution >= 4 is 21.7 Å². The van der Waals surface area contributed by atoms with Gasteiger partial charge in [-0.15, -0.1) is 0 Å². The molecule has 5 heteroatoms. The minimum atomic E-state index is -1.89. The van der Waals surface area contributed by atoms with Crippen LogP contribution in [0.4, 0.5) is 13.2 Å². The molecule has 0 aromatic heterocycles. The van der Waals surface area contributed by atoms with Crippen LogP contribution in [0, 0.1) is 11.6 Å². The molecule has 1 nitrogen and oxygen atoms in total. The molecule has 1 atom stereocenters. The lowest BCUT2D eigenvalue weighted by atomic mass is 10.1. The van der Waals surface area contributed by atoms with Gasteiger partial charge in [-0.2, -0.15) is 0 Å². The highest BCUT2D eigenvalue weighted by Gasteiger charge is 2.16. The number of benzene rings is 1. The predicted octanol–water partition coefficient (Wildman–Crippen LogP) is 2.84. The fourth-order valence-electron chi connectivity index (χ4n) is 0.775. The number of halogens is 4. The zero-order valence-electron chi connectivity index (χ0n) is 6.23. The molecule has 0 aliphatic rings. The summed E-state index contributed by atoms with van der Waals surface area (Å²) in [6.07, 6.45) is 0. The first-order valence-corrected chi connectivity index (χ1v) is 4.21. The van der Waals surface area contributed by atoms with E-state index in [1.165, 1.54) is 0 Å². The Balaban J connectivity index is 3.04. The first-order valence-electron chi connectivity index (χ1n) is 3.30. The highest BCUT2D eigenvalue weighted by molar-refractivity contribution is 9.09. The van der Waals surface area contributed by atoms with Crippen molar-refractivity contribution in [1.82, 2.24) is 0 Å². The monoisotopic (exact) mass is 252 g/mol. The standard InChI is InChI=1S/C8H4BrF3O/c9-8(12)7(13)4-1-2-5(10)6(11)3-4/h1-3,8H. The molecule has 0 N–H and O–H groups in total. The third-order valence-corrected chi connectivity index (χ3v) is 1.82. The summed E-state index contributed by atoms with van der Waals surface area (Å²) in [5, 5.41) is -1.89. The molecule has 1 rings (SSSR count). The average molecular weight is 253 g/mol. The molecule has 0 fully saturated rings. The summed E-state index contributed by atoms with van der Waals surface area (Å²) in [7, 11) is 0. The van der Waals surface area contributed by atoms with Crippen LogP contribution in [0.3, 0.4) is 0 Å². The third-order valence-electron chi connectivity index (χ3n) is 1.40. The van der Waals surface area contributed by atoms with Crippen molar-refractivity contribution in [3.05, 3.63) is 35.4 Å². The van der Waals surface area contributed by atoms with Gasteiger partial charge in [-0.1, -0.05) is 0 Å². The van der Waals surface area contributed by atoms with Crippen LogP contribution < -0.4 is 0 Å². The van der Waals surface area contributed by atoms with Gasteiger partial charge in [-0.05, 0) is 34.1 Å². The van der Waals surface area contributed by atoms with Gasteiger partial charge < -0.3 is 0 Å². The second-order valence-corrected chi connectivity index (χ2v) is 3.10. The maximum Gasteiger partial charge on any atom is 0.217 e. The molecule has 0 aliphatic carbocycles. The van der Waals surface area contributed by atoms with Crippen LogP contribution in [0.25, 0.3) is 0 Å². The number of rotatable bonds is 2.